The lowest BCUT2D eigenvalue weighted by molar-refractivity contribution is -0.169. The molecule has 4 saturated carbocycles. The number of ketones is 1. The molecule has 1 N–H and O–H groups in total. The van der Waals surface area contributed by atoms with Crippen molar-refractivity contribution in [2.24, 2.45) is 40.4 Å². The number of epoxide rings is 1. The van der Waals surface area contributed by atoms with Crippen molar-refractivity contribution >= 4 is 5.78 Å². The predicted octanol–water partition coefficient (Wildman–Crippen LogP) is 3.11. The van der Waals surface area contributed by atoms with Gasteiger partial charge in [0.2, 0.25) is 0 Å². The number of nitrogens with one attached hydrogen (secondary N) is 1. The first kappa shape index (κ1) is 18.3. The van der Waals surface area contributed by atoms with Gasteiger partial charge in [-0.15, -0.1) is 0 Å². The summed E-state index contributed by atoms with van der Waals surface area (Å²) in [6.07, 6.45) is 8.42. The van der Waals surface area contributed by atoms with E-state index in [4.69, 9.17) is 4.74 Å². The smallest absolute Gasteiger partial charge is 0.137 e. The average molecular weight is 387 g/mol. The summed E-state index contributed by atoms with van der Waals surface area (Å²) in [5.41, 5.74) is 0.604. The third kappa shape index (κ3) is 2.26. The molecule has 2 saturated heterocycles. The number of piperazine rings is 1. The highest BCUT2D eigenvalue weighted by Crippen LogP contribution is 2.68. The molecule has 156 valence electrons. The molecule has 0 spiro atoms. The molecule has 8 unspecified atom stereocenters. The van der Waals surface area contributed by atoms with Gasteiger partial charge in [-0.25, -0.2) is 0 Å². The van der Waals surface area contributed by atoms with Crippen molar-refractivity contribution in [3.63, 3.8) is 0 Å². The van der Waals surface area contributed by atoms with Crippen LogP contribution in [0.15, 0.2) is 0 Å². The van der Waals surface area contributed by atoms with Gasteiger partial charge >= 0.3 is 0 Å². The van der Waals surface area contributed by atoms with E-state index < -0.39 is 0 Å². The Labute approximate surface area is 170 Å². The second-order valence-electron chi connectivity index (χ2n) is 11.6. The molecule has 0 aromatic rings. The van der Waals surface area contributed by atoms with E-state index in [1.807, 2.05) is 0 Å². The summed E-state index contributed by atoms with van der Waals surface area (Å²) in [5.74, 6) is 3.32. The second-order valence-corrected chi connectivity index (χ2v) is 11.6. The number of Topliss-reactive ketones (excluding diaryl/α,β-unsaturated/α-hetero) is 1. The summed E-state index contributed by atoms with van der Waals surface area (Å²) >= 11 is 0. The summed E-state index contributed by atoms with van der Waals surface area (Å²) in [5, 5.41) is 3.53. The predicted molar refractivity (Wildman–Crippen MR) is 109 cm³/mol. The summed E-state index contributed by atoms with van der Waals surface area (Å²) in [7, 11) is 0. The fourth-order valence-corrected chi connectivity index (χ4v) is 9.46. The minimum Gasteiger partial charge on any atom is -0.368 e. The summed E-state index contributed by atoms with van der Waals surface area (Å²) in [4.78, 5) is 16.4. The first-order valence-corrected chi connectivity index (χ1v) is 12.1. The Morgan fingerprint density at radius 3 is 2.64 bits per heavy atom. The Hall–Kier alpha value is -0.450. The Kier molecular flexibility index (Phi) is 3.96. The fourth-order valence-electron chi connectivity index (χ4n) is 9.46. The van der Waals surface area contributed by atoms with Crippen molar-refractivity contribution in [1.82, 2.24) is 10.2 Å². The Balaban J connectivity index is 1.43. The minimum absolute atomic E-state index is 0.0956. The Morgan fingerprint density at radius 1 is 1.07 bits per heavy atom. The van der Waals surface area contributed by atoms with Crippen LogP contribution in [0.5, 0.6) is 0 Å². The van der Waals surface area contributed by atoms with Gasteiger partial charge in [-0.2, -0.15) is 0 Å². The van der Waals surface area contributed by atoms with Gasteiger partial charge in [-0.3, -0.25) is 9.69 Å². The molecule has 6 rings (SSSR count). The standard InChI is InChI=1S/C24H38N2O2/c1-14-19-18(27)13-15-16-5-4-7-23(16,2)8-6-17(15)24(19,3)22(21-20(14)28-21)26-11-9-25-10-12-26/h14-17,19-22,25H,4-13H2,1-3H3/t14?,15?,16?,17?,19?,20?,21?,22?,23-,24+/m0/s1. The molecule has 6 aliphatic rings. The molecule has 0 amide bonds. The Morgan fingerprint density at radius 2 is 1.86 bits per heavy atom. The molecule has 0 radical (unpaired) electrons. The van der Waals surface area contributed by atoms with Crippen LogP contribution in [-0.2, 0) is 9.53 Å². The lowest BCUT2D eigenvalue weighted by atomic mass is 9.42. The van der Waals surface area contributed by atoms with E-state index in [1.54, 1.807) is 0 Å². The fraction of sp³-hybridized carbons (Fsp3) is 0.958. The summed E-state index contributed by atoms with van der Waals surface area (Å²) in [6.45, 7) is 11.8. The van der Waals surface area contributed by atoms with E-state index in [1.165, 1.54) is 32.1 Å². The van der Waals surface area contributed by atoms with Crippen LogP contribution in [0.4, 0.5) is 0 Å². The van der Waals surface area contributed by atoms with E-state index in [0.717, 1.165) is 38.5 Å². The zero-order chi connectivity index (χ0) is 19.3. The molecule has 4 aliphatic carbocycles. The van der Waals surface area contributed by atoms with Crippen molar-refractivity contribution in [1.29, 1.82) is 0 Å². The lowest BCUT2D eigenvalue weighted by Gasteiger charge is -2.63. The van der Waals surface area contributed by atoms with Crippen LogP contribution in [0.2, 0.25) is 0 Å². The largest absolute Gasteiger partial charge is 0.368 e. The van der Waals surface area contributed by atoms with Gasteiger partial charge in [0.25, 0.3) is 0 Å². The number of fused-ring (bicyclic) bond motifs is 6. The van der Waals surface area contributed by atoms with E-state index >= 15 is 0 Å². The zero-order valence-electron chi connectivity index (χ0n) is 18.0. The normalized spacial score (nSPS) is 58.5. The monoisotopic (exact) mass is 386 g/mol. The van der Waals surface area contributed by atoms with Crippen LogP contribution >= 0.6 is 0 Å². The van der Waals surface area contributed by atoms with E-state index in [0.29, 0.717) is 47.2 Å². The third-order valence-corrected chi connectivity index (χ3v) is 10.6. The van der Waals surface area contributed by atoms with Gasteiger partial charge in [0, 0.05) is 44.6 Å². The van der Waals surface area contributed by atoms with Gasteiger partial charge < -0.3 is 10.1 Å². The summed E-state index contributed by atoms with van der Waals surface area (Å²) < 4.78 is 6.33. The zero-order valence-corrected chi connectivity index (χ0v) is 18.0. The second kappa shape index (κ2) is 6.04. The molecule has 2 aliphatic heterocycles. The number of rotatable bonds is 1. The molecular formula is C24H38N2O2. The van der Waals surface area contributed by atoms with Gasteiger partial charge in [0.05, 0.1) is 6.10 Å². The number of carbonyl (C=O) groups is 1. The summed E-state index contributed by atoms with van der Waals surface area (Å²) in [6, 6.07) is 0.448. The van der Waals surface area contributed by atoms with E-state index in [2.05, 4.69) is 31.0 Å². The molecule has 0 aromatic heterocycles. The van der Waals surface area contributed by atoms with Crippen LogP contribution < -0.4 is 5.32 Å². The first-order chi connectivity index (χ1) is 13.4. The topological polar surface area (TPSA) is 44.9 Å². The van der Waals surface area contributed by atoms with Gasteiger partial charge in [-0.1, -0.05) is 27.2 Å². The van der Waals surface area contributed by atoms with Crippen molar-refractivity contribution in [2.45, 2.75) is 77.5 Å². The number of nitrogens with zero attached hydrogens (tertiary/aromatic N) is 1. The first-order valence-electron chi connectivity index (χ1n) is 12.1. The van der Waals surface area contributed by atoms with Crippen molar-refractivity contribution in [2.75, 3.05) is 26.2 Å². The van der Waals surface area contributed by atoms with Gasteiger partial charge in [-0.05, 0) is 60.2 Å². The molecule has 0 bridgehead atoms. The quantitative estimate of drug-likeness (QED) is 0.704. The average Bonchev–Trinajstić information content (AvgIpc) is 3.35. The van der Waals surface area contributed by atoms with Gasteiger partial charge in [0.1, 0.15) is 11.9 Å². The molecule has 2 heterocycles. The van der Waals surface area contributed by atoms with Crippen molar-refractivity contribution < 1.29 is 9.53 Å². The molecule has 28 heavy (non-hydrogen) atoms. The molecular weight excluding hydrogens is 348 g/mol. The van der Waals surface area contributed by atoms with Crippen molar-refractivity contribution in [3.05, 3.63) is 0 Å². The SMILES string of the molecule is CC1C2OC2C(N2CCNCC2)[C@]2(C)C3CC[C@]4(C)CCCC4C3CC(=O)C12. The number of hydrogen-bond donors (Lipinski definition) is 1. The highest BCUT2D eigenvalue weighted by Gasteiger charge is 2.72. The third-order valence-electron chi connectivity index (χ3n) is 10.6. The van der Waals surface area contributed by atoms with Crippen LogP contribution in [-0.4, -0.2) is 55.1 Å². The van der Waals surface area contributed by atoms with Gasteiger partial charge in [0.15, 0.2) is 0 Å². The maximum atomic E-state index is 13.7. The van der Waals surface area contributed by atoms with E-state index in [9.17, 15) is 4.79 Å². The maximum Gasteiger partial charge on any atom is 0.137 e. The molecule has 4 heteroatoms. The lowest BCUT2D eigenvalue weighted by Crippen LogP contribution is -2.69. The number of hydrogen-bond acceptors (Lipinski definition) is 4. The number of carbonyl (C=O) groups excluding carboxylic acids is 1. The minimum atomic E-state index is 0.0956. The maximum absolute atomic E-state index is 13.7. The number of ether oxygens (including phenoxy) is 1. The molecule has 4 nitrogen and oxygen atoms in total. The van der Waals surface area contributed by atoms with Crippen LogP contribution in [0, 0.1) is 40.4 Å². The van der Waals surface area contributed by atoms with Crippen LogP contribution in [0.3, 0.4) is 0 Å². The highest BCUT2D eigenvalue weighted by atomic mass is 16.6. The highest BCUT2D eigenvalue weighted by molar-refractivity contribution is 5.84. The van der Waals surface area contributed by atoms with E-state index in [-0.39, 0.29) is 11.3 Å². The van der Waals surface area contributed by atoms with Crippen molar-refractivity contribution in [3.8, 4) is 0 Å². The molecule has 10 atom stereocenters. The molecule has 6 fully saturated rings. The Bertz CT molecular complexity index is 676. The molecule has 0 aromatic carbocycles. The van der Waals surface area contributed by atoms with Crippen LogP contribution in [0.25, 0.3) is 0 Å². The van der Waals surface area contributed by atoms with Crippen LogP contribution in [0.1, 0.15) is 59.3 Å².